The van der Waals surface area contributed by atoms with Crippen LogP contribution in [0.5, 0.6) is 0 Å². The van der Waals surface area contributed by atoms with Crippen LogP contribution < -0.4 is 22.7 Å². The predicted molar refractivity (Wildman–Crippen MR) is 95.6 cm³/mol. The lowest BCUT2D eigenvalue weighted by atomic mass is 10.3. The number of nitrogens with zero attached hydrogens (tertiary/aromatic N) is 6. The van der Waals surface area contributed by atoms with Crippen molar-refractivity contribution >= 4 is 34.5 Å². The van der Waals surface area contributed by atoms with Crippen LogP contribution in [0.15, 0.2) is 59.2 Å². The van der Waals surface area contributed by atoms with Gasteiger partial charge in [0, 0.05) is 23.2 Å². The number of hydrogen-bond acceptors (Lipinski definition) is 6. The topological polar surface area (TPSA) is 116 Å². The van der Waals surface area contributed by atoms with E-state index in [2.05, 4.69) is 15.3 Å². The first kappa shape index (κ1) is 20.3. The molecule has 2 aromatic heterocycles. The van der Waals surface area contributed by atoms with Gasteiger partial charge in [-0.05, 0) is 17.7 Å². The first-order valence-electron chi connectivity index (χ1n) is 7.55. The summed E-state index contributed by atoms with van der Waals surface area (Å²) in [6.45, 7) is 0.472. The van der Waals surface area contributed by atoms with Crippen molar-refractivity contribution in [2.75, 3.05) is 5.73 Å². The summed E-state index contributed by atoms with van der Waals surface area (Å²) in [6, 6.07) is 7.98. The molecule has 11 heteroatoms. The Morgan fingerprint density at radius 1 is 1.26 bits per heavy atom. The molecule has 0 aliphatic carbocycles. The maximum Gasteiger partial charge on any atom is 0.296 e. The maximum atomic E-state index is 11.1. The highest BCUT2D eigenvalue weighted by atomic mass is 35.5. The van der Waals surface area contributed by atoms with Crippen molar-refractivity contribution in [3.05, 3.63) is 69.6 Å². The average molecular weight is 408 g/mol. The molecule has 0 bridgehead atoms. The summed E-state index contributed by atoms with van der Waals surface area (Å²) in [5.41, 5.74) is 7.25. The van der Waals surface area contributed by atoms with Gasteiger partial charge in [-0.3, -0.25) is 10.1 Å². The van der Waals surface area contributed by atoms with Crippen molar-refractivity contribution in [2.45, 2.75) is 6.54 Å². The SMILES string of the molecule is C[n+]1ccc(Cn2ncc(N=Nc3cc(Cl)ccc3[N+](=O)[O-])c2N)cc1.[Cl-]. The van der Waals surface area contributed by atoms with E-state index < -0.39 is 4.92 Å². The van der Waals surface area contributed by atoms with Gasteiger partial charge in [0.1, 0.15) is 18.6 Å². The summed E-state index contributed by atoms with van der Waals surface area (Å²) < 4.78 is 3.50. The molecule has 9 nitrogen and oxygen atoms in total. The van der Waals surface area contributed by atoms with E-state index >= 15 is 0 Å². The monoisotopic (exact) mass is 407 g/mol. The fourth-order valence-corrected chi connectivity index (χ4v) is 2.40. The number of nitro groups is 1. The van der Waals surface area contributed by atoms with Crippen molar-refractivity contribution in [1.29, 1.82) is 0 Å². The van der Waals surface area contributed by atoms with Crippen molar-refractivity contribution < 1.29 is 21.9 Å². The number of azo groups is 1. The number of hydrogen-bond donors (Lipinski definition) is 1. The van der Waals surface area contributed by atoms with Crippen molar-refractivity contribution in [3.63, 3.8) is 0 Å². The Bertz CT molecular complexity index is 987. The molecule has 0 aliphatic heterocycles. The van der Waals surface area contributed by atoms with Crippen LogP contribution in [0.1, 0.15) is 5.56 Å². The van der Waals surface area contributed by atoms with Crippen LogP contribution in [0.4, 0.5) is 22.9 Å². The molecule has 27 heavy (non-hydrogen) atoms. The number of anilines is 1. The van der Waals surface area contributed by atoms with Gasteiger partial charge in [-0.2, -0.15) is 5.10 Å². The molecular weight excluding hydrogens is 393 g/mol. The Balaban J connectivity index is 0.00000261. The zero-order valence-corrected chi connectivity index (χ0v) is 15.7. The van der Waals surface area contributed by atoms with Crippen LogP contribution in [0.25, 0.3) is 0 Å². The predicted octanol–water partition coefficient (Wildman–Crippen LogP) is 0.319. The number of nitro benzene ring substituents is 1. The van der Waals surface area contributed by atoms with Gasteiger partial charge in [0.15, 0.2) is 18.1 Å². The van der Waals surface area contributed by atoms with Gasteiger partial charge in [0.25, 0.3) is 5.69 Å². The lowest BCUT2D eigenvalue weighted by Crippen LogP contribution is -3.00. The van der Waals surface area contributed by atoms with E-state index in [0.29, 0.717) is 23.1 Å². The molecule has 0 amide bonds. The highest BCUT2D eigenvalue weighted by Crippen LogP contribution is 2.32. The van der Waals surface area contributed by atoms with Crippen molar-refractivity contribution in [3.8, 4) is 0 Å². The van der Waals surface area contributed by atoms with Crippen LogP contribution in [0.2, 0.25) is 5.02 Å². The molecule has 140 valence electrons. The summed E-state index contributed by atoms with van der Waals surface area (Å²) in [4.78, 5) is 10.5. The van der Waals surface area contributed by atoms with E-state index in [1.165, 1.54) is 24.4 Å². The molecule has 0 atom stereocenters. The van der Waals surface area contributed by atoms with E-state index in [0.717, 1.165) is 5.56 Å². The average Bonchev–Trinajstić information content (AvgIpc) is 2.95. The molecule has 0 unspecified atom stereocenters. The summed E-state index contributed by atoms with van der Waals surface area (Å²) in [7, 11) is 1.93. The second-order valence-corrected chi connectivity index (χ2v) is 5.97. The first-order valence-corrected chi connectivity index (χ1v) is 7.93. The van der Waals surface area contributed by atoms with Crippen molar-refractivity contribution in [2.24, 2.45) is 17.3 Å². The molecule has 3 rings (SSSR count). The fraction of sp³-hybridized carbons (Fsp3) is 0.125. The van der Waals surface area contributed by atoms with E-state index in [-0.39, 0.29) is 23.8 Å². The highest BCUT2D eigenvalue weighted by molar-refractivity contribution is 6.30. The van der Waals surface area contributed by atoms with Crippen LogP contribution in [0, 0.1) is 10.1 Å². The fourth-order valence-electron chi connectivity index (χ4n) is 2.24. The lowest BCUT2D eigenvalue weighted by molar-refractivity contribution is -0.671. The molecule has 3 aromatic rings. The third-order valence-electron chi connectivity index (χ3n) is 3.64. The molecule has 0 fully saturated rings. The minimum absolute atomic E-state index is 0. The molecule has 0 saturated carbocycles. The third-order valence-corrected chi connectivity index (χ3v) is 3.87. The van der Waals surface area contributed by atoms with Gasteiger partial charge in [0.05, 0.1) is 17.7 Å². The van der Waals surface area contributed by atoms with Crippen LogP contribution in [0.3, 0.4) is 0 Å². The number of aryl methyl sites for hydroxylation is 1. The molecule has 0 spiro atoms. The second kappa shape index (κ2) is 8.56. The summed E-state index contributed by atoms with van der Waals surface area (Å²) >= 11 is 5.87. The number of halogens is 2. The van der Waals surface area contributed by atoms with Gasteiger partial charge in [0.2, 0.25) is 0 Å². The van der Waals surface area contributed by atoms with E-state index in [9.17, 15) is 10.1 Å². The van der Waals surface area contributed by atoms with Gasteiger partial charge in [-0.15, -0.1) is 10.2 Å². The quantitative estimate of drug-likeness (QED) is 0.283. The minimum atomic E-state index is -0.549. The smallest absolute Gasteiger partial charge is 0.296 e. The second-order valence-electron chi connectivity index (χ2n) is 5.53. The summed E-state index contributed by atoms with van der Waals surface area (Å²) in [5, 5.41) is 23.5. The Morgan fingerprint density at radius 2 is 1.93 bits per heavy atom. The van der Waals surface area contributed by atoms with Gasteiger partial charge in [-0.25, -0.2) is 9.25 Å². The number of rotatable bonds is 5. The van der Waals surface area contributed by atoms with E-state index in [1.54, 1.807) is 4.68 Å². The third kappa shape index (κ3) is 4.78. The first-order chi connectivity index (χ1) is 12.4. The number of pyridine rings is 1. The maximum absolute atomic E-state index is 11.1. The summed E-state index contributed by atoms with van der Waals surface area (Å²) in [6.07, 6.45) is 5.31. The molecule has 2 heterocycles. The molecule has 0 saturated heterocycles. The lowest BCUT2D eigenvalue weighted by Gasteiger charge is -2.03. The Kier molecular flexibility index (Phi) is 6.43. The van der Waals surface area contributed by atoms with Crippen LogP contribution in [-0.2, 0) is 13.6 Å². The summed E-state index contributed by atoms with van der Waals surface area (Å²) in [5.74, 6) is 0.312. The standard InChI is InChI=1S/C16H15ClN7O2.ClH/c1-22-6-4-11(5-7-22)10-23-16(18)14(9-19-23)21-20-13-8-12(17)2-3-15(13)24(25)26;/h2-9H,10,18H2,1H3;1H/q+1;/p-1. The molecule has 2 N–H and O–H groups in total. The van der Waals surface area contributed by atoms with Crippen LogP contribution in [-0.4, -0.2) is 14.7 Å². The van der Waals surface area contributed by atoms with Crippen molar-refractivity contribution in [1.82, 2.24) is 9.78 Å². The zero-order chi connectivity index (χ0) is 18.7. The Morgan fingerprint density at radius 3 is 2.59 bits per heavy atom. The number of nitrogen functional groups attached to an aromatic ring is 1. The van der Waals surface area contributed by atoms with Crippen LogP contribution >= 0.6 is 11.6 Å². The number of benzene rings is 1. The normalized spacial score (nSPS) is 10.7. The minimum Gasteiger partial charge on any atom is -1.00 e. The number of nitrogens with two attached hydrogens (primary N) is 1. The number of aromatic nitrogens is 3. The molecule has 1 aromatic carbocycles. The van der Waals surface area contributed by atoms with Gasteiger partial charge < -0.3 is 18.1 Å². The van der Waals surface area contributed by atoms with Gasteiger partial charge >= 0.3 is 0 Å². The highest BCUT2D eigenvalue weighted by Gasteiger charge is 2.14. The Hall–Kier alpha value is -3.04. The largest absolute Gasteiger partial charge is 1.00 e. The van der Waals surface area contributed by atoms with E-state index in [4.69, 9.17) is 17.3 Å². The molecule has 0 radical (unpaired) electrons. The van der Waals surface area contributed by atoms with E-state index in [1.807, 2.05) is 36.1 Å². The Labute approximate surface area is 165 Å². The van der Waals surface area contributed by atoms with Gasteiger partial charge in [-0.1, -0.05) is 11.6 Å². The zero-order valence-electron chi connectivity index (χ0n) is 14.2. The molecule has 0 aliphatic rings. The molecular formula is C16H15Cl2N7O2.